The highest BCUT2D eigenvalue weighted by atomic mass is 16.5. The lowest BCUT2D eigenvalue weighted by Crippen LogP contribution is -2.48. The fourth-order valence-corrected chi connectivity index (χ4v) is 3.14. The monoisotopic (exact) mass is 349 g/mol. The smallest absolute Gasteiger partial charge is 0.268 e. The molecule has 6 heteroatoms. The summed E-state index contributed by atoms with van der Waals surface area (Å²) in [7, 11) is 0. The molecule has 1 aliphatic rings. The number of rotatable bonds is 4. The van der Waals surface area contributed by atoms with Crippen molar-refractivity contribution in [1.29, 1.82) is 0 Å². The molecule has 0 aliphatic carbocycles. The van der Waals surface area contributed by atoms with E-state index in [2.05, 4.69) is 10.3 Å². The van der Waals surface area contributed by atoms with Crippen LogP contribution in [0.5, 0.6) is 5.75 Å². The maximum Gasteiger partial charge on any atom is 0.268 e. The zero-order chi connectivity index (χ0) is 18.1. The number of hydrogen-bond donors (Lipinski definition) is 2. The van der Waals surface area contributed by atoms with Gasteiger partial charge in [0.05, 0.1) is 12.2 Å². The van der Waals surface area contributed by atoms with E-state index >= 15 is 0 Å². The number of benzene rings is 2. The van der Waals surface area contributed by atoms with Crippen LogP contribution >= 0.6 is 0 Å². The first-order chi connectivity index (χ1) is 12.6. The molecular formula is C20H19N3O3. The van der Waals surface area contributed by atoms with Crippen molar-refractivity contribution < 1.29 is 14.3 Å². The number of aromatic nitrogens is 1. The highest BCUT2D eigenvalue weighted by Crippen LogP contribution is 2.33. The minimum atomic E-state index is -0.605. The van der Waals surface area contributed by atoms with Crippen molar-refractivity contribution in [3.05, 3.63) is 60.3 Å². The van der Waals surface area contributed by atoms with Crippen LogP contribution in [0.1, 0.15) is 12.6 Å². The van der Waals surface area contributed by atoms with E-state index in [4.69, 9.17) is 4.74 Å². The molecular weight excluding hydrogens is 330 g/mol. The van der Waals surface area contributed by atoms with Gasteiger partial charge in [0.2, 0.25) is 5.91 Å². The second kappa shape index (κ2) is 6.55. The largest absolute Gasteiger partial charge is 0.479 e. The first kappa shape index (κ1) is 16.2. The number of nitrogens with zero attached hydrogens (tertiary/aromatic N) is 1. The Kier molecular flexibility index (Phi) is 4.08. The van der Waals surface area contributed by atoms with Crippen molar-refractivity contribution in [2.75, 3.05) is 11.4 Å². The Morgan fingerprint density at radius 1 is 1.19 bits per heavy atom. The average Bonchev–Trinajstić information content (AvgIpc) is 3.07. The van der Waals surface area contributed by atoms with Gasteiger partial charge in [0.25, 0.3) is 5.91 Å². The van der Waals surface area contributed by atoms with Crippen molar-refractivity contribution in [1.82, 2.24) is 10.3 Å². The molecule has 1 aliphatic heterocycles. The summed E-state index contributed by atoms with van der Waals surface area (Å²) in [6, 6.07) is 17.2. The quantitative estimate of drug-likeness (QED) is 0.760. The van der Waals surface area contributed by atoms with E-state index in [-0.39, 0.29) is 18.4 Å². The number of carbonyl (C=O) groups is 2. The number of ether oxygens (including phenoxy) is 1. The predicted molar refractivity (Wildman–Crippen MR) is 99.0 cm³/mol. The Morgan fingerprint density at radius 2 is 1.96 bits per heavy atom. The third-order valence-corrected chi connectivity index (χ3v) is 4.44. The summed E-state index contributed by atoms with van der Waals surface area (Å²) in [5.41, 5.74) is 2.57. The molecule has 6 nitrogen and oxygen atoms in total. The van der Waals surface area contributed by atoms with E-state index in [0.29, 0.717) is 18.0 Å². The zero-order valence-electron chi connectivity index (χ0n) is 14.4. The Labute approximate surface area is 150 Å². The molecule has 26 heavy (non-hydrogen) atoms. The molecule has 132 valence electrons. The van der Waals surface area contributed by atoms with Gasteiger partial charge < -0.3 is 15.0 Å². The summed E-state index contributed by atoms with van der Waals surface area (Å²) < 4.78 is 5.59. The third kappa shape index (κ3) is 3.01. The second-order valence-corrected chi connectivity index (χ2v) is 6.31. The normalized spacial score (nSPS) is 16.3. The summed E-state index contributed by atoms with van der Waals surface area (Å²) in [6.07, 6.45) is -0.605. The molecule has 0 spiro atoms. The van der Waals surface area contributed by atoms with E-state index in [1.54, 1.807) is 19.1 Å². The van der Waals surface area contributed by atoms with Crippen molar-refractivity contribution in [3.8, 4) is 5.75 Å². The number of nitrogens with one attached hydrogen (secondary N) is 2. The standard InChI is InChI=1S/C20H19N3O3/c1-13-20(25)23(17-8-4-5-9-18(17)26-13)12-19(24)21-11-15-10-14-6-2-3-7-16(14)22-15/h2-10,13,22H,11-12H2,1H3,(H,21,24). The van der Waals surface area contributed by atoms with Crippen molar-refractivity contribution >= 4 is 28.4 Å². The lowest BCUT2D eigenvalue weighted by atomic mass is 10.2. The highest BCUT2D eigenvalue weighted by molar-refractivity contribution is 6.03. The van der Waals surface area contributed by atoms with Gasteiger partial charge in [-0.1, -0.05) is 30.3 Å². The van der Waals surface area contributed by atoms with Gasteiger partial charge in [0.1, 0.15) is 12.3 Å². The Balaban J connectivity index is 1.45. The number of H-pyrrole nitrogens is 1. The van der Waals surface area contributed by atoms with Crippen molar-refractivity contribution in [3.63, 3.8) is 0 Å². The molecule has 2 aromatic carbocycles. The van der Waals surface area contributed by atoms with Crippen LogP contribution < -0.4 is 15.0 Å². The first-order valence-electron chi connectivity index (χ1n) is 8.52. The Hall–Kier alpha value is -3.28. The number of hydrogen-bond acceptors (Lipinski definition) is 3. The topological polar surface area (TPSA) is 74.4 Å². The van der Waals surface area contributed by atoms with Crippen LogP contribution in [0, 0.1) is 0 Å². The van der Waals surface area contributed by atoms with Crippen LogP contribution in [0.3, 0.4) is 0 Å². The summed E-state index contributed by atoms with van der Waals surface area (Å²) >= 11 is 0. The number of aromatic amines is 1. The highest BCUT2D eigenvalue weighted by Gasteiger charge is 2.32. The molecule has 0 saturated heterocycles. The summed E-state index contributed by atoms with van der Waals surface area (Å²) in [4.78, 5) is 29.6. The predicted octanol–water partition coefficient (Wildman–Crippen LogP) is 2.60. The molecule has 0 bridgehead atoms. The van der Waals surface area contributed by atoms with Crippen LogP contribution in [0.15, 0.2) is 54.6 Å². The molecule has 0 radical (unpaired) electrons. The number of fused-ring (bicyclic) bond motifs is 2. The van der Waals surface area contributed by atoms with E-state index in [9.17, 15) is 9.59 Å². The van der Waals surface area contributed by atoms with Gasteiger partial charge in [-0.2, -0.15) is 0 Å². The maximum atomic E-state index is 12.4. The summed E-state index contributed by atoms with van der Waals surface area (Å²) in [6.45, 7) is 2.03. The summed E-state index contributed by atoms with van der Waals surface area (Å²) in [5.74, 6) is 0.174. The average molecular weight is 349 g/mol. The number of amides is 2. The molecule has 1 unspecified atom stereocenters. The van der Waals surface area contributed by atoms with E-state index in [0.717, 1.165) is 16.6 Å². The van der Waals surface area contributed by atoms with Gasteiger partial charge in [0, 0.05) is 11.2 Å². The Bertz CT molecular complexity index is 946. The lowest BCUT2D eigenvalue weighted by Gasteiger charge is -2.32. The maximum absolute atomic E-state index is 12.4. The van der Waals surface area contributed by atoms with Gasteiger partial charge in [-0.25, -0.2) is 0 Å². The molecule has 2 heterocycles. The minimum Gasteiger partial charge on any atom is -0.479 e. The molecule has 1 atom stereocenters. The number of anilines is 1. The van der Waals surface area contributed by atoms with Gasteiger partial charge in [-0.15, -0.1) is 0 Å². The molecule has 0 fully saturated rings. The van der Waals surface area contributed by atoms with Crippen LogP contribution in [0.25, 0.3) is 10.9 Å². The van der Waals surface area contributed by atoms with Crippen molar-refractivity contribution in [2.45, 2.75) is 19.6 Å². The third-order valence-electron chi connectivity index (χ3n) is 4.44. The molecule has 1 aromatic heterocycles. The molecule has 0 saturated carbocycles. The zero-order valence-corrected chi connectivity index (χ0v) is 14.4. The number of para-hydroxylation sites is 3. The van der Waals surface area contributed by atoms with Crippen molar-refractivity contribution in [2.24, 2.45) is 0 Å². The van der Waals surface area contributed by atoms with Gasteiger partial charge in [0.15, 0.2) is 6.10 Å². The van der Waals surface area contributed by atoms with Gasteiger partial charge >= 0.3 is 0 Å². The van der Waals surface area contributed by atoms with E-state index in [1.807, 2.05) is 42.5 Å². The SMILES string of the molecule is CC1Oc2ccccc2N(CC(=O)NCc2cc3ccccc3[nH]2)C1=O. The van der Waals surface area contributed by atoms with Gasteiger partial charge in [-0.3, -0.25) is 14.5 Å². The molecule has 4 rings (SSSR count). The van der Waals surface area contributed by atoms with Crippen LogP contribution in [-0.2, 0) is 16.1 Å². The van der Waals surface area contributed by atoms with Crippen LogP contribution in [0.4, 0.5) is 5.69 Å². The van der Waals surface area contributed by atoms with E-state index in [1.165, 1.54) is 4.90 Å². The number of carbonyl (C=O) groups excluding carboxylic acids is 2. The fourth-order valence-electron chi connectivity index (χ4n) is 3.14. The Morgan fingerprint density at radius 3 is 2.81 bits per heavy atom. The first-order valence-corrected chi connectivity index (χ1v) is 8.52. The van der Waals surface area contributed by atoms with Crippen LogP contribution in [0.2, 0.25) is 0 Å². The second-order valence-electron chi connectivity index (χ2n) is 6.31. The van der Waals surface area contributed by atoms with E-state index < -0.39 is 6.10 Å². The molecule has 3 aromatic rings. The van der Waals surface area contributed by atoms with Gasteiger partial charge in [-0.05, 0) is 36.6 Å². The fraction of sp³-hybridized carbons (Fsp3) is 0.200. The molecule has 2 N–H and O–H groups in total. The summed E-state index contributed by atoms with van der Waals surface area (Å²) in [5, 5.41) is 3.97. The minimum absolute atomic E-state index is 0.0379. The lowest BCUT2D eigenvalue weighted by molar-refractivity contribution is -0.128. The molecule has 2 amide bonds. The van der Waals surface area contributed by atoms with Crippen LogP contribution in [-0.4, -0.2) is 29.4 Å².